The minimum Gasteiger partial charge on any atom is -0.312 e. The van der Waals surface area contributed by atoms with Crippen LogP contribution in [0.1, 0.15) is 41.8 Å². The first-order chi connectivity index (χ1) is 7.93. The van der Waals surface area contributed by atoms with Gasteiger partial charge in [-0.25, -0.2) is 4.98 Å². The lowest BCUT2D eigenvalue weighted by Crippen LogP contribution is -2.15. The molecule has 0 bridgehead atoms. The lowest BCUT2D eigenvalue weighted by Gasteiger charge is -2.05. The van der Waals surface area contributed by atoms with E-state index in [0.717, 1.165) is 6.42 Å². The molecule has 1 aliphatic rings. The molecule has 2 unspecified atom stereocenters. The Morgan fingerprint density at radius 3 is 2.59 bits per heavy atom. The maximum Gasteiger partial charge on any atom is 0.434 e. The Bertz CT molecular complexity index is 400. The first-order valence-electron chi connectivity index (χ1n) is 5.71. The van der Waals surface area contributed by atoms with Crippen LogP contribution in [-0.4, -0.2) is 11.5 Å². The Balaban J connectivity index is 2.24. The number of rotatable bonds is 4. The van der Waals surface area contributed by atoms with Gasteiger partial charge in [0.2, 0.25) is 0 Å². The molecule has 1 saturated carbocycles. The lowest BCUT2D eigenvalue weighted by molar-refractivity contribution is -0.141. The van der Waals surface area contributed by atoms with E-state index < -0.39 is 11.9 Å². The van der Waals surface area contributed by atoms with E-state index >= 15 is 0 Å². The van der Waals surface area contributed by atoms with E-state index in [4.69, 9.17) is 0 Å². The summed E-state index contributed by atoms with van der Waals surface area (Å²) in [4.78, 5) is 4.11. The van der Waals surface area contributed by atoms with Crippen molar-refractivity contribution >= 4 is 11.3 Å². The Labute approximate surface area is 102 Å². The van der Waals surface area contributed by atoms with Crippen molar-refractivity contribution in [2.45, 2.75) is 38.9 Å². The molecule has 1 aromatic heterocycles. The maximum absolute atomic E-state index is 12.8. The van der Waals surface area contributed by atoms with Crippen molar-refractivity contribution in [3.8, 4) is 0 Å². The van der Waals surface area contributed by atoms with Crippen molar-refractivity contribution < 1.29 is 13.2 Å². The summed E-state index contributed by atoms with van der Waals surface area (Å²) in [5.41, 5.74) is -0.697. The number of hydrogen-bond donors (Lipinski definition) is 1. The molecule has 1 N–H and O–H groups in total. The molecule has 0 radical (unpaired) electrons. The lowest BCUT2D eigenvalue weighted by atomic mass is 10.3. The molecule has 1 fully saturated rings. The van der Waals surface area contributed by atoms with Gasteiger partial charge in [0.1, 0.15) is 0 Å². The zero-order chi connectivity index (χ0) is 12.6. The van der Waals surface area contributed by atoms with Gasteiger partial charge in [-0.05, 0) is 18.9 Å². The molecule has 1 aromatic rings. The monoisotopic (exact) mass is 264 g/mol. The van der Waals surface area contributed by atoms with Crippen molar-refractivity contribution in [2.24, 2.45) is 5.92 Å². The summed E-state index contributed by atoms with van der Waals surface area (Å²) >= 11 is 1.21. The molecule has 1 heterocycles. The van der Waals surface area contributed by atoms with E-state index in [2.05, 4.69) is 10.3 Å². The Morgan fingerprint density at radius 1 is 1.47 bits per heavy atom. The summed E-state index contributed by atoms with van der Waals surface area (Å²) in [6, 6.07) is 0. The molecule has 2 atom stereocenters. The summed E-state index contributed by atoms with van der Waals surface area (Å²) in [7, 11) is 0. The third-order valence-corrected chi connectivity index (χ3v) is 4.13. The topological polar surface area (TPSA) is 24.9 Å². The summed E-state index contributed by atoms with van der Waals surface area (Å²) in [5.74, 6) is 0.727. The van der Waals surface area contributed by atoms with Gasteiger partial charge in [-0.1, -0.05) is 13.8 Å². The van der Waals surface area contributed by atoms with Crippen LogP contribution in [0.15, 0.2) is 0 Å². The van der Waals surface area contributed by atoms with Crippen molar-refractivity contribution in [1.82, 2.24) is 10.3 Å². The highest BCUT2D eigenvalue weighted by Gasteiger charge is 2.42. The van der Waals surface area contributed by atoms with E-state index in [9.17, 15) is 13.2 Å². The molecule has 2 nitrogen and oxygen atoms in total. The van der Waals surface area contributed by atoms with Gasteiger partial charge in [0, 0.05) is 12.5 Å². The van der Waals surface area contributed by atoms with Crippen LogP contribution in [0, 0.1) is 5.92 Å². The van der Waals surface area contributed by atoms with Crippen LogP contribution in [0.5, 0.6) is 0 Å². The largest absolute Gasteiger partial charge is 0.434 e. The van der Waals surface area contributed by atoms with Crippen molar-refractivity contribution in [1.29, 1.82) is 0 Å². The second-order valence-electron chi connectivity index (χ2n) is 4.42. The highest BCUT2D eigenvalue weighted by molar-refractivity contribution is 7.11. The Hall–Kier alpha value is -0.620. The van der Waals surface area contributed by atoms with Crippen molar-refractivity contribution in [3.63, 3.8) is 0 Å². The predicted octanol–water partition coefficient (Wildman–Crippen LogP) is 3.39. The third-order valence-electron chi connectivity index (χ3n) is 2.94. The zero-order valence-corrected chi connectivity index (χ0v) is 10.6. The summed E-state index contributed by atoms with van der Waals surface area (Å²) in [5, 5.41) is 3.58. The Morgan fingerprint density at radius 2 is 2.12 bits per heavy atom. The van der Waals surface area contributed by atoms with E-state index in [1.54, 1.807) is 0 Å². The van der Waals surface area contributed by atoms with E-state index in [1.165, 1.54) is 11.3 Å². The normalized spacial score (nSPS) is 24.1. The fraction of sp³-hybridized carbons (Fsp3) is 0.727. The van der Waals surface area contributed by atoms with Crippen LogP contribution in [0.4, 0.5) is 13.2 Å². The molecule has 17 heavy (non-hydrogen) atoms. The van der Waals surface area contributed by atoms with Gasteiger partial charge < -0.3 is 5.32 Å². The summed E-state index contributed by atoms with van der Waals surface area (Å²) in [6.45, 7) is 4.83. The molecule has 2 rings (SSSR count). The molecule has 6 heteroatoms. The van der Waals surface area contributed by atoms with Crippen molar-refractivity contribution in [2.75, 3.05) is 6.54 Å². The minimum atomic E-state index is -4.34. The number of halogens is 3. The van der Waals surface area contributed by atoms with Crippen LogP contribution in [0.2, 0.25) is 0 Å². The van der Waals surface area contributed by atoms with Gasteiger partial charge >= 0.3 is 6.18 Å². The predicted molar refractivity (Wildman–Crippen MR) is 61.0 cm³/mol. The van der Waals surface area contributed by atoms with Gasteiger partial charge in [0.25, 0.3) is 0 Å². The SMILES string of the molecule is CCNCc1sc(C2CC2C)nc1C(F)(F)F. The molecule has 96 valence electrons. The van der Waals surface area contributed by atoms with Crippen molar-refractivity contribution in [3.05, 3.63) is 15.6 Å². The van der Waals surface area contributed by atoms with Gasteiger partial charge in [-0.2, -0.15) is 13.2 Å². The minimum absolute atomic E-state index is 0.247. The van der Waals surface area contributed by atoms with Crippen LogP contribution in [0.25, 0.3) is 0 Å². The van der Waals surface area contributed by atoms with E-state index in [-0.39, 0.29) is 12.5 Å². The molecule has 0 amide bonds. The maximum atomic E-state index is 12.8. The van der Waals surface area contributed by atoms with Gasteiger partial charge in [0.05, 0.1) is 9.88 Å². The van der Waals surface area contributed by atoms with Gasteiger partial charge in [0.15, 0.2) is 5.69 Å². The van der Waals surface area contributed by atoms with Crippen LogP contribution >= 0.6 is 11.3 Å². The summed E-state index contributed by atoms with van der Waals surface area (Å²) in [6.07, 6.45) is -3.37. The molecule has 0 aliphatic heterocycles. The molecule has 1 aliphatic carbocycles. The number of alkyl halides is 3. The molecule has 0 saturated heterocycles. The number of nitrogens with zero attached hydrogens (tertiary/aromatic N) is 1. The third kappa shape index (κ3) is 2.80. The smallest absolute Gasteiger partial charge is 0.312 e. The number of hydrogen-bond acceptors (Lipinski definition) is 3. The fourth-order valence-corrected chi connectivity index (χ4v) is 3.08. The highest BCUT2D eigenvalue weighted by atomic mass is 32.1. The molecular weight excluding hydrogens is 249 g/mol. The van der Waals surface area contributed by atoms with E-state index in [1.807, 2.05) is 13.8 Å². The fourth-order valence-electron chi connectivity index (χ4n) is 1.77. The first-order valence-corrected chi connectivity index (χ1v) is 6.52. The van der Waals surface area contributed by atoms with Crippen LogP contribution in [0.3, 0.4) is 0 Å². The van der Waals surface area contributed by atoms with Gasteiger partial charge in [-0.15, -0.1) is 11.3 Å². The quantitative estimate of drug-likeness (QED) is 0.901. The molecule has 0 aromatic carbocycles. The number of thiazole rings is 1. The van der Waals surface area contributed by atoms with Crippen LogP contribution < -0.4 is 5.32 Å². The number of aromatic nitrogens is 1. The second kappa shape index (κ2) is 4.57. The molecular formula is C11H15F3N2S. The molecule has 0 spiro atoms. The highest BCUT2D eigenvalue weighted by Crippen LogP contribution is 2.49. The van der Waals surface area contributed by atoms with Gasteiger partial charge in [-0.3, -0.25) is 0 Å². The van der Waals surface area contributed by atoms with Crippen LogP contribution in [-0.2, 0) is 12.7 Å². The average Bonchev–Trinajstić information content (AvgIpc) is 2.79. The Kier molecular flexibility index (Phi) is 3.45. The zero-order valence-electron chi connectivity index (χ0n) is 9.77. The average molecular weight is 264 g/mol. The standard InChI is InChI=1S/C11H15F3N2S/c1-3-15-5-8-9(11(12,13)14)16-10(17-8)7-4-6(7)2/h6-7,15H,3-5H2,1-2H3. The first kappa shape index (κ1) is 12.8. The summed E-state index contributed by atoms with van der Waals surface area (Å²) < 4.78 is 38.4. The number of nitrogens with one attached hydrogen (secondary N) is 1. The second-order valence-corrected chi connectivity index (χ2v) is 5.54. The van der Waals surface area contributed by atoms with E-state index in [0.29, 0.717) is 22.3 Å².